The number of nitrogens with zero attached hydrogens (tertiary/aromatic N) is 1. The van der Waals surface area contributed by atoms with Crippen molar-refractivity contribution in [1.82, 2.24) is 0 Å². The average Bonchev–Trinajstić information content (AvgIpc) is 3.22. The molecule has 0 saturated heterocycles. The molecule has 5 aliphatic carbocycles. The third-order valence-corrected chi connectivity index (χ3v) is 16.3. The molecule has 4 bridgehead atoms. The van der Waals surface area contributed by atoms with E-state index in [-0.39, 0.29) is 16.2 Å². The number of anilines is 3. The normalized spacial score (nSPS) is 26.0. The van der Waals surface area contributed by atoms with E-state index in [1.165, 1.54) is 105 Å². The number of rotatable bonds is 5. The van der Waals surface area contributed by atoms with E-state index in [1.54, 1.807) is 11.1 Å². The Kier molecular flexibility index (Phi) is 7.89. The van der Waals surface area contributed by atoms with Crippen LogP contribution in [-0.2, 0) is 16.2 Å². The maximum atomic E-state index is 2.64. The molecule has 6 aliphatic rings. The van der Waals surface area contributed by atoms with Crippen molar-refractivity contribution in [2.75, 3.05) is 4.90 Å². The first kappa shape index (κ1) is 34.7. The molecule has 1 nitrogen and oxygen atoms in total. The van der Waals surface area contributed by atoms with E-state index in [4.69, 9.17) is 0 Å². The Morgan fingerprint density at radius 2 is 1.00 bits per heavy atom. The highest BCUT2D eigenvalue weighted by atomic mass is 32.2. The smallest absolute Gasteiger partial charge is 0.0467 e. The van der Waals surface area contributed by atoms with Crippen molar-refractivity contribution < 1.29 is 0 Å². The van der Waals surface area contributed by atoms with Crippen LogP contribution < -0.4 is 4.90 Å². The second-order valence-corrected chi connectivity index (χ2v) is 20.4. The minimum absolute atomic E-state index is 0.0923. The van der Waals surface area contributed by atoms with Crippen LogP contribution in [0.3, 0.4) is 0 Å². The summed E-state index contributed by atoms with van der Waals surface area (Å²) in [7, 11) is 0. The van der Waals surface area contributed by atoms with E-state index >= 15 is 0 Å². The summed E-state index contributed by atoms with van der Waals surface area (Å²) in [5.74, 6) is 3.27. The van der Waals surface area contributed by atoms with Gasteiger partial charge in [0.05, 0.1) is 0 Å². The summed E-state index contributed by atoms with van der Waals surface area (Å²) in [5.41, 5.74) is 15.4. The van der Waals surface area contributed by atoms with E-state index < -0.39 is 0 Å². The second-order valence-electron chi connectivity index (χ2n) is 19.3. The van der Waals surface area contributed by atoms with Crippen LogP contribution in [0.5, 0.6) is 0 Å². The Morgan fingerprint density at radius 1 is 0.429 bits per heavy atom. The van der Waals surface area contributed by atoms with Gasteiger partial charge in [-0.1, -0.05) is 130 Å². The Bertz CT molecular complexity index is 2440. The molecular formula is C54H53NS. The van der Waals surface area contributed by atoms with Crippen molar-refractivity contribution in [1.29, 1.82) is 0 Å². The second kappa shape index (κ2) is 12.7. The maximum Gasteiger partial charge on any atom is 0.0467 e. The summed E-state index contributed by atoms with van der Waals surface area (Å²) in [5, 5.41) is 0. The van der Waals surface area contributed by atoms with Crippen LogP contribution in [0, 0.1) is 23.7 Å². The third-order valence-electron chi connectivity index (χ3n) is 15.2. The lowest BCUT2D eigenvalue weighted by Crippen LogP contribution is -2.57. The third kappa shape index (κ3) is 5.34. The van der Waals surface area contributed by atoms with Crippen LogP contribution in [0.25, 0.3) is 22.3 Å². The van der Waals surface area contributed by atoms with Crippen LogP contribution in [-0.4, -0.2) is 0 Å². The fourth-order valence-electron chi connectivity index (χ4n) is 12.5. The van der Waals surface area contributed by atoms with Gasteiger partial charge in [0, 0.05) is 32.3 Å². The van der Waals surface area contributed by atoms with Crippen LogP contribution >= 0.6 is 11.8 Å². The van der Waals surface area contributed by atoms with Crippen LogP contribution in [0.1, 0.15) is 94.9 Å². The number of benzene rings is 6. The molecule has 0 N–H and O–H groups in total. The minimum Gasteiger partial charge on any atom is -0.310 e. The monoisotopic (exact) mass is 747 g/mol. The molecule has 56 heavy (non-hydrogen) atoms. The van der Waals surface area contributed by atoms with Gasteiger partial charge in [0.1, 0.15) is 0 Å². The molecular weight excluding hydrogens is 695 g/mol. The van der Waals surface area contributed by atoms with Gasteiger partial charge in [0.2, 0.25) is 0 Å². The Hall–Kier alpha value is -4.53. The van der Waals surface area contributed by atoms with Crippen molar-refractivity contribution in [3.05, 3.63) is 162 Å². The molecule has 12 rings (SSSR count). The molecule has 1 aliphatic heterocycles. The molecule has 4 fully saturated rings. The lowest BCUT2D eigenvalue weighted by molar-refractivity contribution is -0.0443. The van der Waals surface area contributed by atoms with Gasteiger partial charge in [-0.3, -0.25) is 0 Å². The van der Waals surface area contributed by atoms with Crippen LogP contribution in [0.2, 0.25) is 0 Å². The number of fused-ring (bicyclic) bond motifs is 3. The molecule has 0 aromatic heterocycles. The van der Waals surface area contributed by atoms with Gasteiger partial charge >= 0.3 is 0 Å². The van der Waals surface area contributed by atoms with Crippen molar-refractivity contribution in [2.45, 2.75) is 98.7 Å². The summed E-state index contributed by atoms with van der Waals surface area (Å²) in [6, 6.07) is 53.7. The minimum atomic E-state index is 0.0923. The average molecular weight is 748 g/mol. The molecule has 6 aromatic rings. The van der Waals surface area contributed by atoms with Gasteiger partial charge in [0.15, 0.2) is 0 Å². The summed E-state index contributed by atoms with van der Waals surface area (Å²) in [6.45, 7) is 9.72. The Balaban J connectivity index is 1.07. The predicted molar refractivity (Wildman–Crippen MR) is 236 cm³/mol. The lowest BCUT2D eigenvalue weighted by atomic mass is 9.42. The number of hydrogen-bond donors (Lipinski definition) is 0. The number of hydrogen-bond acceptors (Lipinski definition) is 2. The predicted octanol–water partition coefficient (Wildman–Crippen LogP) is 15.0. The molecule has 280 valence electrons. The van der Waals surface area contributed by atoms with E-state index in [9.17, 15) is 0 Å². The standard InChI is InChI=1S/C54H53NS/c1-52(2)25-26-53(3,4)48-33-40(19-23-46(48)52)39-13-10-14-44(32-39)55(43-20-17-38(18-21-43)37-11-6-5-7-12-37)45-22-24-51-49(34-45)54(47-15-8-9-16-50(47)56-51)41-28-35-27-36(30-41)31-42(54)29-35/h5-24,32-36,41-42H,25-31H2,1-4H3. The first-order valence-electron chi connectivity index (χ1n) is 21.3. The first-order chi connectivity index (χ1) is 27.2. The molecule has 0 unspecified atom stereocenters. The van der Waals surface area contributed by atoms with Gasteiger partial charge in [0.25, 0.3) is 0 Å². The summed E-state index contributed by atoms with van der Waals surface area (Å²) in [4.78, 5) is 5.49. The lowest BCUT2D eigenvalue weighted by Gasteiger charge is -2.63. The van der Waals surface area contributed by atoms with Crippen molar-refractivity contribution in [2.24, 2.45) is 23.7 Å². The Labute approximate surface area is 338 Å². The quantitative estimate of drug-likeness (QED) is 0.173. The molecule has 1 spiro atoms. The molecule has 1 heterocycles. The highest BCUT2D eigenvalue weighted by Crippen LogP contribution is 2.69. The van der Waals surface area contributed by atoms with Gasteiger partial charge in [-0.2, -0.15) is 0 Å². The summed E-state index contributed by atoms with van der Waals surface area (Å²) in [6.07, 6.45) is 9.46. The van der Waals surface area contributed by atoms with Crippen LogP contribution in [0.15, 0.2) is 149 Å². The molecule has 0 amide bonds. The topological polar surface area (TPSA) is 3.24 Å². The van der Waals surface area contributed by atoms with Crippen molar-refractivity contribution in [3.8, 4) is 22.3 Å². The van der Waals surface area contributed by atoms with E-state index in [2.05, 4.69) is 172 Å². The van der Waals surface area contributed by atoms with Gasteiger partial charge in [-0.05, 0) is 172 Å². The van der Waals surface area contributed by atoms with Gasteiger partial charge < -0.3 is 4.90 Å². The van der Waals surface area contributed by atoms with Crippen molar-refractivity contribution in [3.63, 3.8) is 0 Å². The summed E-state index contributed by atoms with van der Waals surface area (Å²) >= 11 is 2.00. The highest BCUT2D eigenvalue weighted by Gasteiger charge is 2.60. The first-order valence-corrected chi connectivity index (χ1v) is 22.1. The SMILES string of the molecule is CC1(C)CCC(C)(C)c2cc(-c3cccc(N(c4ccc(-c5ccccc5)cc4)c4ccc5c(c4)C4(c6ccccc6S5)C5CC6CC(C5)CC4C6)c3)ccc21. The van der Waals surface area contributed by atoms with Gasteiger partial charge in [-0.25, -0.2) is 0 Å². The van der Waals surface area contributed by atoms with E-state index in [1.807, 2.05) is 11.8 Å². The van der Waals surface area contributed by atoms with Crippen molar-refractivity contribution >= 4 is 28.8 Å². The zero-order chi connectivity index (χ0) is 37.8. The molecule has 0 radical (unpaired) electrons. The summed E-state index contributed by atoms with van der Waals surface area (Å²) < 4.78 is 0. The highest BCUT2D eigenvalue weighted by molar-refractivity contribution is 7.99. The largest absolute Gasteiger partial charge is 0.310 e. The molecule has 4 saturated carbocycles. The Morgan fingerprint density at radius 3 is 1.75 bits per heavy atom. The molecule has 0 atom stereocenters. The molecule has 2 heteroatoms. The van der Waals surface area contributed by atoms with Crippen LogP contribution in [0.4, 0.5) is 17.1 Å². The van der Waals surface area contributed by atoms with Gasteiger partial charge in [-0.15, -0.1) is 0 Å². The zero-order valence-corrected chi connectivity index (χ0v) is 34.2. The van der Waals surface area contributed by atoms with E-state index in [0.717, 1.165) is 23.7 Å². The fraction of sp³-hybridized carbons (Fsp3) is 0.333. The maximum absolute atomic E-state index is 2.64. The molecule has 6 aromatic carbocycles. The van der Waals surface area contributed by atoms with E-state index in [0.29, 0.717) is 0 Å². The fourth-order valence-corrected chi connectivity index (χ4v) is 13.7. The zero-order valence-electron chi connectivity index (χ0n) is 33.4.